The van der Waals surface area contributed by atoms with Gasteiger partial charge in [-0.2, -0.15) is 0 Å². The molecule has 0 saturated heterocycles. The number of esters is 1. The first-order valence-electron chi connectivity index (χ1n) is 14.8. The van der Waals surface area contributed by atoms with Crippen LogP contribution in [0.1, 0.15) is 56.0 Å². The Morgan fingerprint density at radius 3 is 2.39 bits per heavy atom. The molecule has 5 rings (SSSR count). The highest BCUT2D eigenvalue weighted by molar-refractivity contribution is 7.07. The van der Waals surface area contributed by atoms with Gasteiger partial charge in [0.1, 0.15) is 12.4 Å². The van der Waals surface area contributed by atoms with Crippen LogP contribution in [0.2, 0.25) is 5.02 Å². The third-order valence-electron chi connectivity index (χ3n) is 7.63. The van der Waals surface area contributed by atoms with Crippen molar-refractivity contribution in [3.8, 4) is 5.75 Å². The van der Waals surface area contributed by atoms with Gasteiger partial charge in [0.2, 0.25) is 0 Å². The van der Waals surface area contributed by atoms with Crippen LogP contribution in [0.3, 0.4) is 0 Å². The minimum Gasteiger partial charge on any atom is -0.488 e. The van der Waals surface area contributed by atoms with Crippen molar-refractivity contribution in [2.75, 3.05) is 24.6 Å². The molecule has 3 aromatic carbocycles. The number of carbonyl (C=O) groups excluding carboxylic acids is 1. The third kappa shape index (κ3) is 6.51. The lowest BCUT2D eigenvalue weighted by atomic mass is 9.95. The van der Waals surface area contributed by atoms with Crippen LogP contribution in [0.25, 0.3) is 6.08 Å². The average molecular weight is 630 g/mol. The number of aryl methyl sites for hydroxylation is 1. The maximum absolute atomic E-state index is 14.1. The number of fused-ring (bicyclic) bond motifs is 1. The molecule has 1 aliphatic rings. The van der Waals surface area contributed by atoms with Crippen LogP contribution in [0, 0.1) is 6.92 Å². The Balaban J connectivity index is 1.63. The molecule has 7 nitrogen and oxygen atoms in total. The van der Waals surface area contributed by atoms with E-state index in [9.17, 15) is 9.59 Å². The molecule has 0 fully saturated rings. The van der Waals surface area contributed by atoms with Crippen LogP contribution in [0.5, 0.6) is 5.75 Å². The fourth-order valence-electron chi connectivity index (χ4n) is 5.29. The van der Waals surface area contributed by atoms with E-state index < -0.39 is 12.0 Å². The predicted octanol–water partition coefficient (Wildman–Crippen LogP) is 6.19. The molecule has 228 valence electrons. The van der Waals surface area contributed by atoms with Gasteiger partial charge in [-0.1, -0.05) is 64.9 Å². The van der Waals surface area contributed by atoms with Crippen molar-refractivity contribution < 1.29 is 14.3 Å². The lowest BCUT2D eigenvalue weighted by molar-refractivity contribution is -0.139. The molecule has 0 N–H and O–H groups in total. The Morgan fingerprint density at radius 1 is 1.02 bits per heavy atom. The summed E-state index contributed by atoms with van der Waals surface area (Å²) < 4.78 is 13.9. The summed E-state index contributed by atoms with van der Waals surface area (Å²) in [5, 5.41) is 0.665. The molecule has 0 spiro atoms. The molecule has 0 aliphatic carbocycles. The molecule has 1 aliphatic heterocycles. The summed E-state index contributed by atoms with van der Waals surface area (Å²) in [4.78, 5) is 34.8. The molecule has 4 aromatic rings. The number of carbonyl (C=O) groups is 1. The van der Waals surface area contributed by atoms with Gasteiger partial charge < -0.3 is 14.4 Å². The normalized spacial score (nSPS) is 14.7. The Morgan fingerprint density at radius 2 is 1.73 bits per heavy atom. The number of allylic oxidation sites excluding steroid dienone is 1. The van der Waals surface area contributed by atoms with Crippen LogP contribution in [0.4, 0.5) is 5.69 Å². The predicted molar refractivity (Wildman–Crippen MR) is 177 cm³/mol. The molecule has 0 amide bonds. The van der Waals surface area contributed by atoms with Gasteiger partial charge in [0.15, 0.2) is 4.80 Å². The SMILES string of the molecule is CCOC(=O)C1=C(C)N=c2s/c(=C\c3ccc(N(CC)CC)cc3OCc3ccc(Cl)cc3)c(=O)n2[C@H]1c1ccc(C)cc1. The second-order valence-corrected chi connectivity index (χ2v) is 12.0. The van der Waals surface area contributed by atoms with E-state index in [0.29, 0.717) is 38.0 Å². The van der Waals surface area contributed by atoms with E-state index in [1.165, 1.54) is 11.3 Å². The maximum atomic E-state index is 14.1. The molecule has 1 atom stereocenters. The quantitative estimate of drug-likeness (QED) is 0.196. The zero-order chi connectivity index (χ0) is 31.4. The molecule has 9 heteroatoms. The Bertz CT molecular complexity index is 1870. The number of rotatable bonds is 10. The fraction of sp³-hybridized carbons (Fsp3) is 0.286. The van der Waals surface area contributed by atoms with Crippen molar-refractivity contribution in [1.29, 1.82) is 0 Å². The van der Waals surface area contributed by atoms with Crippen molar-refractivity contribution in [2.45, 2.75) is 47.3 Å². The van der Waals surface area contributed by atoms with Gasteiger partial charge >= 0.3 is 5.97 Å². The molecule has 1 aromatic heterocycles. The highest BCUT2D eigenvalue weighted by Crippen LogP contribution is 2.31. The summed E-state index contributed by atoms with van der Waals surface area (Å²) in [7, 11) is 0. The molecule has 0 saturated carbocycles. The van der Waals surface area contributed by atoms with Gasteiger partial charge in [-0.05, 0) is 76.1 Å². The minimum atomic E-state index is -0.654. The number of nitrogens with zero attached hydrogens (tertiary/aromatic N) is 3. The number of hydrogen-bond acceptors (Lipinski definition) is 7. The Kier molecular flexibility index (Phi) is 9.71. The standard InChI is InChI=1S/C35H36ClN3O4S/c1-6-38(7-2)28-18-15-26(29(20-28)43-21-24-11-16-27(36)17-12-24)19-30-33(40)39-32(25-13-9-22(4)10-14-25)31(34(41)42-8-3)23(5)37-35(39)44-30/h9-20,32H,6-8,21H2,1-5H3/b30-19-/t32-/m0/s1. The number of thiazole rings is 1. The second-order valence-electron chi connectivity index (χ2n) is 10.5. The highest BCUT2D eigenvalue weighted by Gasteiger charge is 2.33. The summed E-state index contributed by atoms with van der Waals surface area (Å²) in [6, 6.07) is 20.8. The number of anilines is 1. The van der Waals surface area contributed by atoms with Crippen LogP contribution >= 0.6 is 22.9 Å². The molecular formula is C35H36ClN3O4S. The fourth-order valence-corrected chi connectivity index (χ4v) is 6.45. The van der Waals surface area contributed by atoms with Crippen LogP contribution < -0.4 is 24.5 Å². The monoisotopic (exact) mass is 629 g/mol. The number of hydrogen-bond donors (Lipinski definition) is 0. The molecule has 0 bridgehead atoms. The first-order chi connectivity index (χ1) is 21.2. The zero-order valence-electron chi connectivity index (χ0n) is 25.6. The second kappa shape index (κ2) is 13.7. The topological polar surface area (TPSA) is 73.1 Å². The summed E-state index contributed by atoms with van der Waals surface area (Å²) in [6.45, 7) is 12.1. The largest absolute Gasteiger partial charge is 0.488 e. The van der Waals surface area contributed by atoms with Crippen LogP contribution in [0.15, 0.2) is 87.8 Å². The van der Waals surface area contributed by atoms with Gasteiger partial charge in [0.25, 0.3) is 5.56 Å². The first kappa shape index (κ1) is 31.3. The van der Waals surface area contributed by atoms with E-state index in [-0.39, 0.29) is 12.2 Å². The van der Waals surface area contributed by atoms with Crippen molar-refractivity contribution >= 4 is 40.7 Å². The molecule has 44 heavy (non-hydrogen) atoms. The Hall–Kier alpha value is -4.14. The summed E-state index contributed by atoms with van der Waals surface area (Å²) >= 11 is 7.37. The van der Waals surface area contributed by atoms with Crippen molar-refractivity contribution in [1.82, 2.24) is 4.57 Å². The highest BCUT2D eigenvalue weighted by atomic mass is 35.5. The van der Waals surface area contributed by atoms with E-state index in [4.69, 9.17) is 26.1 Å². The van der Waals surface area contributed by atoms with Gasteiger partial charge in [0, 0.05) is 35.4 Å². The van der Waals surface area contributed by atoms with Gasteiger partial charge in [0.05, 0.1) is 28.5 Å². The maximum Gasteiger partial charge on any atom is 0.338 e. The van der Waals surface area contributed by atoms with E-state index in [1.807, 2.05) is 79.7 Å². The minimum absolute atomic E-state index is 0.225. The van der Waals surface area contributed by atoms with E-state index >= 15 is 0 Å². The Labute approximate surface area is 266 Å². The zero-order valence-corrected chi connectivity index (χ0v) is 27.2. The van der Waals surface area contributed by atoms with Crippen molar-refractivity contribution in [3.05, 3.63) is 125 Å². The van der Waals surface area contributed by atoms with E-state index in [1.54, 1.807) is 18.4 Å². The lowest BCUT2D eigenvalue weighted by Gasteiger charge is -2.24. The van der Waals surface area contributed by atoms with Crippen LogP contribution in [-0.4, -0.2) is 30.2 Å². The van der Waals surface area contributed by atoms with Crippen LogP contribution in [-0.2, 0) is 16.1 Å². The summed E-state index contributed by atoms with van der Waals surface area (Å²) in [6.07, 6.45) is 1.85. The van der Waals surface area contributed by atoms with Crippen molar-refractivity contribution in [3.63, 3.8) is 0 Å². The number of aromatic nitrogens is 1. The number of benzene rings is 3. The third-order valence-corrected chi connectivity index (χ3v) is 8.86. The smallest absolute Gasteiger partial charge is 0.338 e. The molecule has 2 heterocycles. The molecule has 0 radical (unpaired) electrons. The number of halogens is 1. The van der Waals surface area contributed by atoms with E-state index in [2.05, 4.69) is 18.7 Å². The van der Waals surface area contributed by atoms with Gasteiger partial charge in [-0.15, -0.1) is 0 Å². The number of ether oxygens (including phenoxy) is 2. The molecule has 0 unspecified atom stereocenters. The first-order valence-corrected chi connectivity index (χ1v) is 16.0. The van der Waals surface area contributed by atoms with Gasteiger partial charge in [-0.25, -0.2) is 9.79 Å². The van der Waals surface area contributed by atoms with Gasteiger partial charge in [-0.3, -0.25) is 9.36 Å². The average Bonchev–Trinajstić information content (AvgIpc) is 3.32. The molecular weight excluding hydrogens is 594 g/mol. The summed E-state index contributed by atoms with van der Waals surface area (Å²) in [5.41, 5.74) is 5.36. The van der Waals surface area contributed by atoms with E-state index in [0.717, 1.165) is 41.0 Å². The lowest BCUT2D eigenvalue weighted by Crippen LogP contribution is -2.39. The van der Waals surface area contributed by atoms with Crippen molar-refractivity contribution in [2.24, 2.45) is 4.99 Å². The summed E-state index contributed by atoms with van der Waals surface area (Å²) in [5.74, 6) is 0.187.